The molecule has 6 heteroatoms. The van der Waals surface area contributed by atoms with Gasteiger partial charge in [-0.25, -0.2) is 0 Å². The van der Waals surface area contributed by atoms with Gasteiger partial charge in [0.1, 0.15) is 0 Å². The molecule has 2 rings (SSSR count). The fraction of sp³-hybridized carbons (Fsp3) is 0.500. The number of likely N-dealkylation sites (tertiary alicyclic amines) is 1. The molecule has 1 saturated heterocycles. The average Bonchev–Trinajstić information content (AvgIpc) is 2.63. The summed E-state index contributed by atoms with van der Waals surface area (Å²) in [7, 11) is 0. The van der Waals surface area contributed by atoms with Crippen LogP contribution in [0.3, 0.4) is 0 Å². The summed E-state index contributed by atoms with van der Waals surface area (Å²) in [5, 5.41) is 0. The smallest absolute Gasteiger partial charge is 0.326 e. The Morgan fingerprint density at radius 1 is 1.33 bits per heavy atom. The molecule has 1 aliphatic heterocycles. The molecule has 0 radical (unpaired) electrons. The van der Waals surface area contributed by atoms with E-state index in [9.17, 15) is 13.2 Å². The summed E-state index contributed by atoms with van der Waals surface area (Å²) in [5.74, 6) is 0. The number of benzene rings is 1. The maximum atomic E-state index is 12.5. The Labute approximate surface area is 110 Å². The van der Waals surface area contributed by atoms with Crippen LogP contribution in [0.25, 0.3) is 0 Å². The van der Waals surface area contributed by atoms with Crippen molar-refractivity contribution in [2.75, 3.05) is 13.1 Å². The van der Waals surface area contributed by atoms with E-state index in [1.165, 1.54) is 12.1 Å². The SMILES string of the molecule is Cl.N[C@@H]1CCN(Cc2cccc(C(F)(F)F)c2)C1. The van der Waals surface area contributed by atoms with Crippen LogP contribution >= 0.6 is 12.4 Å². The maximum Gasteiger partial charge on any atom is 0.416 e. The van der Waals surface area contributed by atoms with Crippen LogP contribution in [-0.4, -0.2) is 24.0 Å². The van der Waals surface area contributed by atoms with Gasteiger partial charge in [-0.3, -0.25) is 4.90 Å². The second-order valence-electron chi connectivity index (χ2n) is 4.48. The molecule has 1 aliphatic rings. The summed E-state index contributed by atoms with van der Waals surface area (Å²) in [6, 6.07) is 5.64. The van der Waals surface area contributed by atoms with Gasteiger partial charge >= 0.3 is 6.18 Å². The van der Waals surface area contributed by atoms with Crippen LogP contribution in [0.4, 0.5) is 13.2 Å². The Morgan fingerprint density at radius 2 is 2.06 bits per heavy atom. The number of nitrogens with two attached hydrogens (primary N) is 1. The van der Waals surface area contributed by atoms with E-state index in [1.807, 2.05) is 0 Å². The van der Waals surface area contributed by atoms with Gasteiger partial charge in [-0.1, -0.05) is 18.2 Å². The highest BCUT2D eigenvalue weighted by atomic mass is 35.5. The van der Waals surface area contributed by atoms with Gasteiger partial charge in [-0.2, -0.15) is 13.2 Å². The highest BCUT2D eigenvalue weighted by Gasteiger charge is 2.30. The summed E-state index contributed by atoms with van der Waals surface area (Å²) < 4.78 is 37.5. The van der Waals surface area contributed by atoms with Crippen molar-refractivity contribution >= 4 is 12.4 Å². The number of rotatable bonds is 2. The predicted octanol–water partition coefficient (Wildman–Crippen LogP) is 2.66. The molecular weight excluding hydrogens is 265 g/mol. The topological polar surface area (TPSA) is 29.3 Å². The van der Waals surface area contributed by atoms with E-state index in [0.29, 0.717) is 12.1 Å². The molecule has 1 atom stereocenters. The van der Waals surface area contributed by atoms with Crippen molar-refractivity contribution in [1.29, 1.82) is 0 Å². The highest BCUT2D eigenvalue weighted by molar-refractivity contribution is 5.85. The summed E-state index contributed by atoms with van der Waals surface area (Å²) in [5.41, 5.74) is 5.86. The number of hydrogen-bond donors (Lipinski definition) is 1. The minimum Gasteiger partial charge on any atom is -0.326 e. The van der Waals surface area contributed by atoms with Crippen molar-refractivity contribution in [1.82, 2.24) is 4.90 Å². The summed E-state index contributed by atoms with van der Waals surface area (Å²) >= 11 is 0. The van der Waals surface area contributed by atoms with Gasteiger partial charge < -0.3 is 5.73 Å². The normalized spacial score (nSPS) is 20.8. The first-order valence-electron chi connectivity index (χ1n) is 5.59. The second-order valence-corrected chi connectivity index (χ2v) is 4.48. The van der Waals surface area contributed by atoms with Crippen LogP contribution in [-0.2, 0) is 12.7 Å². The maximum absolute atomic E-state index is 12.5. The molecule has 0 aromatic heterocycles. The van der Waals surface area contributed by atoms with Crippen molar-refractivity contribution in [3.63, 3.8) is 0 Å². The van der Waals surface area contributed by atoms with Crippen LogP contribution in [0.5, 0.6) is 0 Å². The lowest BCUT2D eigenvalue weighted by atomic mass is 10.1. The van der Waals surface area contributed by atoms with Crippen molar-refractivity contribution in [2.45, 2.75) is 25.2 Å². The van der Waals surface area contributed by atoms with Crippen LogP contribution in [0.2, 0.25) is 0 Å². The number of hydrogen-bond acceptors (Lipinski definition) is 2. The molecule has 0 amide bonds. The predicted molar refractivity (Wildman–Crippen MR) is 66.6 cm³/mol. The first-order chi connectivity index (χ1) is 7.95. The van der Waals surface area contributed by atoms with Gasteiger partial charge in [0.25, 0.3) is 0 Å². The Kier molecular flexibility index (Phi) is 5.01. The van der Waals surface area contributed by atoms with Gasteiger partial charge in [0.2, 0.25) is 0 Å². The van der Waals surface area contributed by atoms with Crippen molar-refractivity contribution < 1.29 is 13.2 Å². The standard InChI is InChI=1S/C12H15F3N2.ClH/c13-12(14,15)10-3-1-2-9(6-10)7-17-5-4-11(16)8-17;/h1-3,6,11H,4-5,7-8,16H2;1H/t11-;/m1./s1. The lowest BCUT2D eigenvalue weighted by Gasteiger charge is -2.16. The molecule has 0 unspecified atom stereocenters. The molecular formula is C12H16ClF3N2. The quantitative estimate of drug-likeness (QED) is 0.902. The largest absolute Gasteiger partial charge is 0.416 e. The molecule has 2 N–H and O–H groups in total. The molecule has 0 aliphatic carbocycles. The molecule has 1 aromatic rings. The molecule has 1 fully saturated rings. The van der Waals surface area contributed by atoms with E-state index in [4.69, 9.17) is 5.73 Å². The fourth-order valence-electron chi connectivity index (χ4n) is 2.11. The third-order valence-electron chi connectivity index (χ3n) is 2.97. The monoisotopic (exact) mass is 280 g/mol. The van der Waals surface area contributed by atoms with Crippen LogP contribution < -0.4 is 5.73 Å². The first kappa shape index (κ1) is 15.3. The molecule has 0 bridgehead atoms. The van der Waals surface area contributed by atoms with E-state index in [2.05, 4.69) is 4.90 Å². The first-order valence-corrected chi connectivity index (χ1v) is 5.59. The summed E-state index contributed by atoms with van der Waals surface area (Å²) in [4.78, 5) is 2.08. The van der Waals surface area contributed by atoms with Crippen molar-refractivity contribution in [3.8, 4) is 0 Å². The zero-order valence-electron chi connectivity index (χ0n) is 9.78. The molecule has 1 heterocycles. The number of nitrogens with zero attached hydrogens (tertiary/aromatic N) is 1. The van der Waals surface area contributed by atoms with E-state index in [0.717, 1.165) is 25.6 Å². The fourth-order valence-corrected chi connectivity index (χ4v) is 2.11. The Hall–Kier alpha value is -0.780. The Morgan fingerprint density at radius 3 is 2.61 bits per heavy atom. The zero-order chi connectivity index (χ0) is 12.5. The lowest BCUT2D eigenvalue weighted by molar-refractivity contribution is -0.137. The zero-order valence-corrected chi connectivity index (χ0v) is 10.6. The van der Waals surface area contributed by atoms with Crippen LogP contribution in [0.15, 0.2) is 24.3 Å². The van der Waals surface area contributed by atoms with Crippen molar-refractivity contribution in [2.24, 2.45) is 5.73 Å². The van der Waals surface area contributed by atoms with Gasteiger partial charge in [-0.05, 0) is 18.1 Å². The van der Waals surface area contributed by atoms with E-state index in [-0.39, 0.29) is 18.4 Å². The van der Waals surface area contributed by atoms with Crippen LogP contribution in [0.1, 0.15) is 17.5 Å². The number of alkyl halides is 3. The molecule has 0 spiro atoms. The van der Waals surface area contributed by atoms with Gasteiger partial charge in [0.05, 0.1) is 5.56 Å². The van der Waals surface area contributed by atoms with Crippen LogP contribution in [0, 0.1) is 0 Å². The number of halogens is 4. The molecule has 0 saturated carbocycles. The van der Waals surface area contributed by atoms with Gasteiger partial charge in [-0.15, -0.1) is 12.4 Å². The van der Waals surface area contributed by atoms with E-state index in [1.54, 1.807) is 6.07 Å². The Balaban J connectivity index is 0.00000162. The Bertz CT molecular complexity index is 395. The molecule has 18 heavy (non-hydrogen) atoms. The average molecular weight is 281 g/mol. The molecule has 2 nitrogen and oxygen atoms in total. The van der Waals surface area contributed by atoms with Gasteiger partial charge in [0.15, 0.2) is 0 Å². The molecule has 102 valence electrons. The molecule has 1 aromatic carbocycles. The van der Waals surface area contributed by atoms with E-state index >= 15 is 0 Å². The van der Waals surface area contributed by atoms with E-state index < -0.39 is 11.7 Å². The second kappa shape index (κ2) is 5.91. The summed E-state index contributed by atoms with van der Waals surface area (Å²) in [6.45, 7) is 2.16. The van der Waals surface area contributed by atoms with Gasteiger partial charge in [0, 0.05) is 25.7 Å². The highest BCUT2D eigenvalue weighted by Crippen LogP contribution is 2.29. The van der Waals surface area contributed by atoms with Crippen molar-refractivity contribution in [3.05, 3.63) is 35.4 Å². The minimum atomic E-state index is -4.27. The summed E-state index contributed by atoms with van der Waals surface area (Å²) in [6.07, 6.45) is -3.35. The third-order valence-corrected chi connectivity index (χ3v) is 2.97. The minimum absolute atomic E-state index is 0. The third kappa shape index (κ3) is 3.86. The lowest BCUT2D eigenvalue weighted by Crippen LogP contribution is -2.26.